The highest BCUT2D eigenvalue weighted by Crippen LogP contribution is 2.23. The molecule has 124 valence electrons. The van der Waals surface area contributed by atoms with Crippen molar-refractivity contribution in [2.75, 3.05) is 6.54 Å². The number of amides is 1. The largest absolute Gasteiger partial charge is 0.383 e. The van der Waals surface area contributed by atoms with Crippen molar-refractivity contribution in [2.45, 2.75) is 38.7 Å². The van der Waals surface area contributed by atoms with Gasteiger partial charge in [-0.3, -0.25) is 9.48 Å². The summed E-state index contributed by atoms with van der Waals surface area (Å²) >= 11 is 0. The molecule has 0 aliphatic rings. The van der Waals surface area contributed by atoms with Gasteiger partial charge in [-0.05, 0) is 30.9 Å². The summed E-state index contributed by atoms with van der Waals surface area (Å²) in [6.07, 6.45) is 3.76. The van der Waals surface area contributed by atoms with Crippen molar-refractivity contribution in [2.24, 2.45) is 7.05 Å². The Morgan fingerprint density at radius 2 is 2.13 bits per heavy atom. The fourth-order valence-electron chi connectivity index (χ4n) is 2.67. The highest BCUT2D eigenvalue weighted by molar-refractivity contribution is 5.77. The van der Waals surface area contributed by atoms with Crippen LogP contribution in [0.4, 0.5) is 0 Å². The molecule has 5 nitrogen and oxygen atoms in total. The third-order valence-corrected chi connectivity index (χ3v) is 4.17. The van der Waals surface area contributed by atoms with E-state index in [-0.39, 0.29) is 18.4 Å². The van der Waals surface area contributed by atoms with Crippen LogP contribution in [0, 0.1) is 6.92 Å². The Hall–Kier alpha value is -2.14. The predicted octanol–water partition coefficient (Wildman–Crippen LogP) is 2.25. The molecule has 1 heterocycles. The molecule has 0 radical (unpaired) electrons. The standard InChI is InChI=1S/C18H25N3O2/c1-13-7-5-6-8-16(13)14(2)9-17(22)19-12-18(3,23)15-10-20-21(4)11-15/h5-8,10-11,14,23H,9,12H2,1-4H3,(H,19,22). The number of aliphatic hydroxyl groups is 1. The zero-order valence-electron chi connectivity index (χ0n) is 14.2. The number of aryl methyl sites for hydroxylation is 2. The van der Waals surface area contributed by atoms with Crippen LogP contribution in [-0.4, -0.2) is 27.3 Å². The molecule has 1 aromatic heterocycles. The molecule has 2 rings (SSSR count). The molecular weight excluding hydrogens is 290 g/mol. The summed E-state index contributed by atoms with van der Waals surface area (Å²) in [4.78, 5) is 12.2. The maximum absolute atomic E-state index is 12.2. The van der Waals surface area contributed by atoms with Gasteiger partial charge in [-0.15, -0.1) is 0 Å². The van der Waals surface area contributed by atoms with E-state index in [1.807, 2.05) is 19.1 Å². The second-order valence-electron chi connectivity index (χ2n) is 6.42. The molecule has 0 bridgehead atoms. The molecule has 0 saturated heterocycles. The summed E-state index contributed by atoms with van der Waals surface area (Å²) in [6, 6.07) is 8.09. The van der Waals surface area contributed by atoms with Gasteiger partial charge in [-0.2, -0.15) is 5.10 Å². The predicted molar refractivity (Wildman–Crippen MR) is 90.0 cm³/mol. The highest BCUT2D eigenvalue weighted by atomic mass is 16.3. The number of nitrogens with one attached hydrogen (secondary N) is 1. The number of nitrogens with zero attached hydrogens (tertiary/aromatic N) is 2. The first-order chi connectivity index (χ1) is 10.8. The Balaban J connectivity index is 1.91. The number of rotatable bonds is 6. The summed E-state index contributed by atoms with van der Waals surface area (Å²) in [6.45, 7) is 5.94. The molecule has 1 aromatic carbocycles. The molecule has 0 fully saturated rings. The summed E-state index contributed by atoms with van der Waals surface area (Å²) in [7, 11) is 1.79. The van der Waals surface area contributed by atoms with E-state index in [9.17, 15) is 9.90 Å². The first-order valence-corrected chi connectivity index (χ1v) is 7.83. The van der Waals surface area contributed by atoms with E-state index in [4.69, 9.17) is 0 Å². The first-order valence-electron chi connectivity index (χ1n) is 7.83. The lowest BCUT2D eigenvalue weighted by Crippen LogP contribution is -2.38. The number of aromatic nitrogens is 2. The van der Waals surface area contributed by atoms with E-state index >= 15 is 0 Å². The van der Waals surface area contributed by atoms with Crippen LogP contribution in [0.5, 0.6) is 0 Å². The van der Waals surface area contributed by atoms with Gasteiger partial charge >= 0.3 is 0 Å². The summed E-state index contributed by atoms with van der Waals surface area (Å²) < 4.78 is 1.63. The van der Waals surface area contributed by atoms with E-state index < -0.39 is 5.60 Å². The van der Waals surface area contributed by atoms with E-state index in [1.54, 1.807) is 31.0 Å². The van der Waals surface area contributed by atoms with Gasteiger partial charge < -0.3 is 10.4 Å². The molecule has 5 heteroatoms. The smallest absolute Gasteiger partial charge is 0.220 e. The fraction of sp³-hybridized carbons (Fsp3) is 0.444. The van der Waals surface area contributed by atoms with E-state index in [2.05, 4.69) is 29.5 Å². The number of benzene rings is 1. The zero-order chi connectivity index (χ0) is 17.0. The minimum atomic E-state index is -1.13. The SMILES string of the molecule is Cc1ccccc1C(C)CC(=O)NCC(C)(O)c1cnn(C)c1. The molecule has 0 aliphatic carbocycles. The number of carbonyl (C=O) groups excluding carboxylic acids is 1. The third-order valence-electron chi connectivity index (χ3n) is 4.17. The fourth-order valence-corrected chi connectivity index (χ4v) is 2.67. The Labute approximate surface area is 137 Å². The normalized spacial score (nSPS) is 15.0. The van der Waals surface area contributed by atoms with Crippen LogP contribution < -0.4 is 5.32 Å². The van der Waals surface area contributed by atoms with Gasteiger partial charge in [0.15, 0.2) is 0 Å². The van der Waals surface area contributed by atoms with Crippen molar-refractivity contribution >= 4 is 5.91 Å². The van der Waals surface area contributed by atoms with Crippen LogP contribution in [0.3, 0.4) is 0 Å². The van der Waals surface area contributed by atoms with Gasteiger partial charge in [-0.25, -0.2) is 0 Å². The molecule has 0 saturated carbocycles. The van der Waals surface area contributed by atoms with Gasteiger partial charge in [0.1, 0.15) is 5.60 Å². The van der Waals surface area contributed by atoms with Crippen LogP contribution in [0.2, 0.25) is 0 Å². The Morgan fingerprint density at radius 3 is 2.74 bits per heavy atom. The van der Waals surface area contributed by atoms with Crippen molar-refractivity contribution in [3.05, 3.63) is 53.3 Å². The quantitative estimate of drug-likeness (QED) is 0.859. The maximum atomic E-state index is 12.2. The summed E-state index contributed by atoms with van der Waals surface area (Å²) in [5.74, 6) is 0.0736. The van der Waals surface area contributed by atoms with Gasteiger partial charge in [0, 0.05) is 25.2 Å². The molecule has 2 unspecified atom stereocenters. The van der Waals surface area contributed by atoms with Crippen LogP contribution in [0.15, 0.2) is 36.7 Å². The second-order valence-corrected chi connectivity index (χ2v) is 6.42. The van der Waals surface area contributed by atoms with Crippen LogP contribution in [0.25, 0.3) is 0 Å². The van der Waals surface area contributed by atoms with Crippen molar-refractivity contribution < 1.29 is 9.90 Å². The summed E-state index contributed by atoms with van der Waals surface area (Å²) in [5, 5.41) is 17.4. The lowest BCUT2D eigenvalue weighted by Gasteiger charge is -2.23. The number of hydrogen-bond donors (Lipinski definition) is 2. The van der Waals surface area contributed by atoms with Crippen molar-refractivity contribution in [3.8, 4) is 0 Å². The molecule has 1 amide bonds. The van der Waals surface area contributed by atoms with Gasteiger partial charge in [-0.1, -0.05) is 31.2 Å². The molecule has 2 N–H and O–H groups in total. The number of carbonyl (C=O) groups is 1. The Bertz CT molecular complexity index is 676. The van der Waals surface area contributed by atoms with E-state index in [0.717, 1.165) is 0 Å². The van der Waals surface area contributed by atoms with E-state index in [1.165, 1.54) is 11.1 Å². The van der Waals surface area contributed by atoms with E-state index in [0.29, 0.717) is 12.0 Å². The van der Waals surface area contributed by atoms with Crippen LogP contribution in [0.1, 0.15) is 42.9 Å². The zero-order valence-corrected chi connectivity index (χ0v) is 14.2. The molecule has 2 aromatic rings. The first kappa shape index (κ1) is 17.2. The Kier molecular flexibility index (Phi) is 5.21. The minimum absolute atomic E-state index is 0.0649. The van der Waals surface area contributed by atoms with Crippen molar-refractivity contribution in [1.29, 1.82) is 0 Å². The molecule has 0 spiro atoms. The van der Waals surface area contributed by atoms with Crippen LogP contribution in [-0.2, 0) is 17.4 Å². The molecule has 2 atom stereocenters. The van der Waals surface area contributed by atoms with Crippen molar-refractivity contribution in [3.63, 3.8) is 0 Å². The molecule has 23 heavy (non-hydrogen) atoms. The van der Waals surface area contributed by atoms with Gasteiger partial charge in [0.05, 0.1) is 12.7 Å². The van der Waals surface area contributed by atoms with Crippen LogP contribution >= 0.6 is 0 Å². The topological polar surface area (TPSA) is 67.2 Å². The van der Waals surface area contributed by atoms with Crippen molar-refractivity contribution in [1.82, 2.24) is 15.1 Å². The minimum Gasteiger partial charge on any atom is -0.383 e. The molecular formula is C18H25N3O2. The monoisotopic (exact) mass is 315 g/mol. The lowest BCUT2D eigenvalue weighted by molar-refractivity contribution is -0.122. The number of hydrogen-bond acceptors (Lipinski definition) is 3. The molecule has 0 aliphatic heterocycles. The summed E-state index contributed by atoms with van der Waals surface area (Å²) in [5.41, 5.74) is 1.93. The second kappa shape index (κ2) is 6.96. The average Bonchev–Trinajstić information content (AvgIpc) is 2.93. The Morgan fingerprint density at radius 1 is 1.43 bits per heavy atom. The lowest BCUT2D eigenvalue weighted by atomic mass is 9.93. The maximum Gasteiger partial charge on any atom is 0.220 e. The third kappa shape index (κ3) is 4.42. The van der Waals surface area contributed by atoms with Gasteiger partial charge in [0.25, 0.3) is 0 Å². The average molecular weight is 315 g/mol. The van der Waals surface area contributed by atoms with Gasteiger partial charge in [0.2, 0.25) is 5.91 Å². The highest BCUT2D eigenvalue weighted by Gasteiger charge is 2.25.